The molecule has 1 fully saturated rings. The Morgan fingerprint density at radius 2 is 1.74 bits per heavy atom. The molecule has 0 saturated heterocycles. The van der Waals surface area contributed by atoms with Gasteiger partial charge in [0.2, 0.25) is 0 Å². The highest BCUT2D eigenvalue weighted by Gasteiger charge is 2.32. The molecule has 104 valence electrons. The fourth-order valence-electron chi connectivity index (χ4n) is 2.94. The van der Waals surface area contributed by atoms with Gasteiger partial charge in [-0.05, 0) is 38.8 Å². The van der Waals surface area contributed by atoms with E-state index in [1.165, 1.54) is 19.3 Å². The summed E-state index contributed by atoms with van der Waals surface area (Å²) < 4.78 is 0. The molecule has 0 radical (unpaired) electrons. The lowest BCUT2D eigenvalue weighted by atomic mass is 9.83. The van der Waals surface area contributed by atoms with Gasteiger partial charge < -0.3 is 5.32 Å². The number of amides is 1. The molecule has 2 rings (SSSR count). The zero-order valence-electron chi connectivity index (χ0n) is 11.8. The van der Waals surface area contributed by atoms with E-state index >= 15 is 0 Å². The molecule has 19 heavy (non-hydrogen) atoms. The van der Waals surface area contributed by atoms with Crippen molar-refractivity contribution in [3.63, 3.8) is 0 Å². The second-order valence-corrected chi connectivity index (χ2v) is 6.37. The summed E-state index contributed by atoms with van der Waals surface area (Å²) in [6.07, 6.45) is 5.86. The molecule has 0 unspecified atom stereocenters. The van der Waals surface area contributed by atoms with Gasteiger partial charge in [-0.15, -0.1) is 0 Å². The third-order valence-corrected chi connectivity index (χ3v) is 5.00. The normalized spacial score (nSPS) is 18.1. The molecule has 0 heterocycles. The van der Waals surface area contributed by atoms with Crippen LogP contribution in [0.5, 0.6) is 0 Å². The van der Waals surface area contributed by atoms with Crippen molar-refractivity contribution in [1.29, 1.82) is 0 Å². The Bertz CT molecular complexity index is 444. The van der Waals surface area contributed by atoms with Crippen LogP contribution >= 0.6 is 15.9 Å². The fraction of sp³-hybridized carbons (Fsp3) is 0.562. The third kappa shape index (κ3) is 3.59. The van der Waals surface area contributed by atoms with Crippen LogP contribution in [0, 0.1) is 13.8 Å². The second-order valence-electron chi connectivity index (χ2n) is 5.81. The maximum absolute atomic E-state index is 12.4. The zero-order chi connectivity index (χ0) is 13.9. The van der Waals surface area contributed by atoms with E-state index < -0.39 is 0 Å². The van der Waals surface area contributed by atoms with Gasteiger partial charge in [-0.2, -0.15) is 0 Å². The van der Waals surface area contributed by atoms with Gasteiger partial charge in [-0.1, -0.05) is 52.4 Å². The molecule has 1 aliphatic carbocycles. The summed E-state index contributed by atoms with van der Waals surface area (Å²) in [5.41, 5.74) is 3.01. The predicted octanol–water partition coefficient (Wildman–Crippen LogP) is 4.13. The van der Waals surface area contributed by atoms with Crippen LogP contribution in [0.4, 0.5) is 0 Å². The first-order valence-electron chi connectivity index (χ1n) is 7.01. The highest BCUT2D eigenvalue weighted by molar-refractivity contribution is 9.09. The van der Waals surface area contributed by atoms with Crippen LogP contribution in [0.2, 0.25) is 0 Å². The van der Waals surface area contributed by atoms with Gasteiger partial charge in [0, 0.05) is 10.9 Å². The van der Waals surface area contributed by atoms with Gasteiger partial charge in [-0.3, -0.25) is 4.79 Å². The summed E-state index contributed by atoms with van der Waals surface area (Å²) in [7, 11) is 0. The van der Waals surface area contributed by atoms with Gasteiger partial charge in [-0.25, -0.2) is 0 Å². The Hall–Kier alpha value is -0.830. The lowest BCUT2D eigenvalue weighted by Gasteiger charge is -2.36. The molecular formula is C16H22BrNO. The SMILES string of the molecule is Cc1cc(C)cc(C(=O)NC2(CBr)CCCCC2)c1. The van der Waals surface area contributed by atoms with E-state index in [2.05, 4.69) is 27.3 Å². The third-order valence-electron chi connectivity index (χ3n) is 3.93. The van der Waals surface area contributed by atoms with Crippen molar-refractivity contribution in [1.82, 2.24) is 5.32 Å². The van der Waals surface area contributed by atoms with E-state index in [-0.39, 0.29) is 11.4 Å². The Kier molecular flexibility index (Phi) is 4.67. The van der Waals surface area contributed by atoms with Crippen molar-refractivity contribution in [2.24, 2.45) is 0 Å². The Balaban J connectivity index is 2.15. The van der Waals surface area contributed by atoms with Crippen molar-refractivity contribution >= 4 is 21.8 Å². The van der Waals surface area contributed by atoms with Crippen LogP contribution in [-0.4, -0.2) is 16.8 Å². The number of carbonyl (C=O) groups is 1. The molecule has 0 atom stereocenters. The summed E-state index contributed by atoms with van der Waals surface area (Å²) in [6, 6.07) is 6.03. The number of benzene rings is 1. The van der Waals surface area contributed by atoms with Crippen molar-refractivity contribution in [3.8, 4) is 0 Å². The predicted molar refractivity (Wildman–Crippen MR) is 83.0 cm³/mol. The van der Waals surface area contributed by atoms with Crippen LogP contribution in [0.15, 0.2) is 18.2 Å². The largest absolute Gasteiger partial charge is 0.346 e. The first-order valence-corrected chi connectivity index (χ1v) is 8.14. The zero-order valence-corrected chi connectivity index (χ0v) is 13.3. The van der Waals surface area contributed by atoms with E-state index in [0.717, 1.165) is 34.9 Å². The number of aryl methyl sites for hydroxylation is 2. The number of hydrogen-bond donors (Lipinski definition) is 1. The quantitative estimate of drug-likeness (QED) is 0.832. The Morgan fingerprint density at radius 1 is 1.16 bits per heavy atom. The number of rotatable bonds is 3. The second kappa shape index (κ2) is 6.08. The highest BCUT2D eigenvalue weighted by atomic mass is 79.9. The molecule has 1 aliphatic rings. The van der Waals surface area contributed by atoms with Gasteiger partial charge in [0.15, 0.2) is 0 Å². The van der Waals surface area contributed by atoms with Crippen LogP contribution in [-0.2, 0) is 0 Å². The summed E-state index contributed by atoms with van der Waals surface area (Å²) in [4.78, 5) is 12.4. The first kappa shape index (κ1) is 14.6. The van der Waals surface area contributed by atoms with Gasteiger partial charge in [0.05, 0.1) is 5.54 Å². The molecule has 0 bridgehead atoms. The molecule has 1 aromatic rings. The van der Waals surface area contributed by atoms with Gasteiger partial charge in [0.25, 0.3) is 5.91 Å². The molecule has 1 aromatic carbocycles. The van der Waals surface area contributed by atoms with Crippen LogP contribution in [0.3, 0.4) is 0 Å². The van der Waals surface area contributed by atoms with Crippen molar-refractivity contribution in [3.05, 3.63) is 34.9 Å². The summed E-state index contributed by atoms with van der Waals surface area (Å²) in [5.74, 6) is 0.0631. The molecule has 2 nitrogen and oxygen atoms in total. The molecule has 1 saturated carbocycles. The first-order chi connectivity index (χ1) is 9.04. The van der Waals surface area contributed by atoms with E-state index in [9.17, 15) is 4.79 Å². The topological polar surface area (TPSA) is 29.1 Å². The van der Waals surface area contributed by atoms with E-state index in [1.54, 1.807) is 0 Å². The number of halogens is 1. The van der Waals surface area contributed by atoms with Crippen LogP contribution in [0.25, 0.3) is 0 Å². The van der Waals surface area contributed by atoms with E-state index in [0.29, 0.717) is 0 Å². The summed E-state index contributed by atoms with van der Waals surface area (Å²) >= 11 is 3.58. The molecule has 1 N–H and O–H groups in total. The monoisotopic (exact) mass is 323 g/mol. The van der Waals surface area contributed by atoms with Gasteiger partial charge in [0.1, 0.15) is 0 Å². The van der Waals surface area contributed by atoms with Crippen molar-refractivity contribution in [2.75, 3.05) is 5.33 Å². The number of hydrogen-bond acceptors (Lipinski definition) is 1. The fourth-order valence-corrected chi connectivity index (χ4v) is 3.64. The van der Waals surface area contributed by atoms with Crippen LogP contribution in [0.1, 0.15) is 53.6 Å². The number of carbonyl (C=O) groups excluding carboxylic acids is 1. The average Bonchev–Trinajstić information content (AvgIpc) is 2.38. The van der Waals surface area contributed by atoms with Crippen LogP contribution < -0.4 is 5.32 Å². The van der Waals surface area contributed by atoms with E-state index in [1.807, 2.05) is 26.0 Å². The molecule has 0 aliphatic heterocycles. The standard InChI is InChI=1S/C16H22BrNO/c1-12-8-13(2)10-14(9-12)15(19)18-16(11-17)6-4-3-5-7-16/h8-10H,3-7,11H2,1-2H3,(H,18,19). The maximum Gasteiger partial charge on any atom is 0.251 e. The van der Waals surface area contributed by atoms with Gasteiger partial charge >= 0.3 is 0 Å². The average molecular weight is 324 g/mol. The van der Waals surface area contributed by atoms with Crippen molar-refractivity contribution < 1.29 is 4.79 Å². The van der Waals surface area contributed by atoms with E-state index in [4.69, 9.17) is 0 Å². The minimum absolute atomic E-state index is 0.0486. The Labute approximate surface area is 124 Å². The lowest BCUT2D eigenvalue weighted by Crippen LogP contribution is -2.51. The highest BCUT2D eigenvalue weighted by Crippen LogP contribution is 2.30. The van der Waals surface area contributed by atoms with Crippen molar-refractivity contribution in [2.45, 2.75) is 51.5 Å². The minimum Gasteiger partial charge on any atom is -0.346 e. The number of nitrogens with one attached hydrogen (secondary N) is 1. The minimum atomic E-state index is -0.0486. The molecule has 0 spiro atoms. The molecule has 0 aromatic heterocycles. The molecule has 1 amide bonds. The molecular weight excluding hydrogens is 302 g/mol. The molecule has 3 heteroatoms. The maximum atomic E-state index is 12.4. The lowest BCUT2D eigenvalue weighted by molar-refractivity contribution is 0.0886. The summed E-state index contributed by atoms with van der Waals surface area (Å²) in [5, 5.41) is 4.11. The summed E-state index contributed by atoms with van der Waals surface area (Å²) in [6.45, 7) is 4.06. The number of alkyl halides is 1. The Morgan fingerprint density at radius 3 is 2.26 bits per heavy atom. The smallest absolute Gasteiger partial charge is 0.251 e.